The average molecular weight is 288 g/mol. The maximum absolute atomic E-state index is 11.7. The van der Waals surface area contributed by atoms with Crippen LogP contribution in [0.5, 0.6) is 5.75 Å². The van der Waals surface area contributed by atoms with E-state index in [2.05, 4.69) is 10.9 Å². The first-order valence-corrected chi connectivity index (χ1v) is 6.54. The quantitative estimate of drug-likeness (QED) is 0.825. The van der Waals surface area contributed by atoms with Gasteiger partial charge in [0.2, 0.25) is 5.91 Å². The first-order chi connectivity index (χ1) is 10.2. The lowest BCUT2D eigenvalue weighted by Gasteiger charge is -2.04. The van der Waals surface area contributed by atoms with Crippen LogP contribution < -0.4 is 15.6 Å². The van der Waals surface area contributed by atoms with Crippen molar-refractivity contribution in [2.24, 2.45) is 0 Å². The molecule has 0 saturated carbocycles. The number of benzene rings is 1. The number of carbonyl (C=O) groups excluding carboxylic acids is 2. The van der Waals surface area contributed by atoms with Gasteiger partial charge in [0.05, 0.1) is 0 Å². The number of carbonyl (C=O) groups is 2. The molecular weight excluding hydrogens is 272 g/mol. The van der Waals surface area contributed by atoms with Crippen molar-refractivity contribution in [3.8, 4) is 5.75 Å². The minimum atomic E-state index is -0.511. The van der Waals surface area contributed by atoms with Crippen molar-refractivity contribution in [2.75, 3.05) is 0 Å². The summed E-state index contributed by atoms with van der Waals surface area (Å²) in [5, 5.41) is 0. The van der Waals surface area contributed by atoms with Gasteiger partial charge in [0.1, 0.15) is 18.1 Å². The molecule has 0 aliphatic rings. The summed E-state index contributed by atoms with van der Waals surface area (Å²) < 4.78 is 10.9. The molecule has 110 valence electrons. The van der Waals surface area contributed by atoms with E-state index in [0.29, 0.717) is 5.76 Å². The zero-order valence-electron chi connectivity index (χ0n) is 11.6. The SMILES string of the molecule is CCC(=O)NNC(=O)c1ccc(COc2ccccc2)o1. The van der Waals surface area contributed by atoms with E-state index >= 15 is 0 Å². The molecule has 0 atom stereocenters. The van der Waals surface area contributed by atoms with Gasteiger partial charge < -0.3 is 9.15 Å². The van der Waals surface area contributed by atoms with Gasteiger partial charge in [0.15, 0.2) is 5.76 Å². The molecule has 0 aliphatic carbocycles. The summed E-state index contributed by atoms with van der Waals surface area (Å²) in [6.45, 7) is 1.91. The van der Waals surface area contributed by atoms with Crippen molar-refractivity contribution in [3.05, 3.63) is 54.0 Å². The van der Waals surface area contributed by atoms with Crippen molar-refractivity contribution in [2.45, 2.75) is 20.0 Å². The second kappa shape index (κ2) is 7.14. The molecule has 1 aromatic heterocycles. The zero-order valence-corrected chi connectivity index (χ0v) is 11.6. The van der Waals surface area contributed by atoms with Gasteiger partial charge >= 0.3 is 5.91 Å². The maximum Gasteiger partial charge on any atom is 0.305 e. The Morgan fingerprint density at radius 1 is 1.10 bits per heavy atom. The Kier molecular flexibility index (Phi) is 4.98. The van der Waals surface area contributed by atoms with Crippen molar-refractivity contribution in [3.63, 3.8) is 0 Å². The van der Waals surface area contributed by atoms with E-state index in [0.717, 1.165) is 5.75 Å². The molecule has 6 heteroatoms. The lowest BCUT2D eigenvalue weighted by atomic mass is 10.3. The lowest BCUT2D eigenvalue weighted by molar-refractivity contribution is -0.121. The molecule has 6 nitrogen and oxygen atoms in total. The van der Waals surface area contributed by atoms with E-state index in [1.54, 1.807) is 13.0 Å². The first-order valence-electron chi connectivity index (χ1n) is 6.54. The number of nitrogens with one attached hydrogen (secondary N) is 2. The highest BCUT2D eigenvalue weighted by Gasteiger charge is 2.12. The fourth-order valence-electron chi connectivity index (χ4n) is 1.53. The van der Waals surface area contributed by atoms with Gasteiger partial charge in [0.25, 0.3) is 0 Å². The van der Waals surface area contributed by atoms with Crippen LogP contribution in [0.4, 0.5) is 0 Å². The van der Waals surface area contributed by atoms with Crippen molar-refractivity contribution < 1.29 is 18.7 Å². The number of amides is 2. The molecule has 0 aliphatic heterocycles. The Bertz CT molecular complexity index is 607. The number of para-hydroxylation sites is 1. The van der Waals surface area contributed by atoms with Gasteiger partial charge in [-0.2, -0.15) is 0 Å². The van der Waals surface area contributed by atoms with E-state index in [-0.39, 0.29) is 24.7 Å². The second-order valence-electron chi connectivity index (χ2n) is 4.22. The molecule has 0 spiro atoms. The van der Waals surface area contributed by atoms with Crippen LogP contribution >= 0.6 is 0 Å². The number of hydrogen-bond donors (Lipinski definition) is 2. The number of furan rings is 1. The molecular formula is C15H16N2O4. The summed E-state index contributed by atoms with van der Waals surface area (Å²) in [5.74, 6) is 0.560. The third-order valence-corrected chi connectivity index (χ3v) is 2.65. The fraction of sp³-hybridized carbons (Fsp3) is 0.200. The molecule has 21 heavy (non-hydrogen) atoms. The highest BCUT2D eigenvalue weighted by atomic mass is 16.5. The molecule has 0 fully saturated rings. The maximum atomic E-state index is 11.7. The summed E-state index contributed by atoms with van der Waals surface area (Å²) in [6.07, 6.45) is 0.286. The largest absolute Gasteiger partial charge is 0.486 e. The minimum Gasteiger partial charge on any atom is -0.486 e. The van der Waals surface area contributed by atoms with Crippen LogP contribution in [0, 0.1) is 0 Å². The van der Waals surface area contributed by atoms with Crippen LogP contribution in [-0.4, -0.2) is 11.8 Å². The highest BCUT2D eigenvalue weighted by molar-refractivity contribution is 5.92. The Labute approximate surface area is 122 Å². The fourth-order valence-corrected chi connectivity index (χ4v) is 1.53. The summed E-state index contributed by atoms with van der Waals surface area (Å²) in [4.78, 5) is 22.7. The van der Waals surface area contributed by atoms with Crippen LogP contribution in [0.15, 0.2) is 46.9 Å². The smallest absolute Gasteiger partial charge is 0.305 e. The van der Waals surface area contributed by atoms with E-state index in [4.69, 9.17) is 9.15 Å². The van der Waals surface area contributed by atoms with E-state index in [9.17, 15) is 9.59 Å². The molecule has 0 unspecified atom stereocenters. The molecule has 0 radical (unpaired) electrons. The van der Waals surface area contributed by atoms with Crippen molar-refractivity contribution in [1.29, 1.82) is 0 Å². The van der Waals surface area contributed by atoms with Crippen LogP contribution in [-0.2, 0) is 11.4 Å². The molecule has 2 N–H and O–H groups in total. The predicted octanol–water partition coefficient (Wildman–Crippen LogP) is 2.03. The predicted molar refractivity (Wildman–Crippen MR) is 75.4 cm³/mol. The third-order valence-electron chi connectivity index (χ3n) is 2.65. The highest BCUT2D eigenvalue weighted by Crippen LogP contribution is 2.13. The van der Waals surface area contributed by atoms with E-state index < -0.39 is 5.91 Å². The third kappa shape index (κ3) is 4.38. The summed E-state index contributed by atoms with van der Waals surface area (Å²) in [6, 6.07) is 12.5. The van der Waals surface area contributed by atoms with Gasteiger partial charge in [-0.25, -0.2) is 0 Å². The van der Waals surface area contributed by atoms with E-state index in [1.807, 2.05) is 30.3 Å². The summed E-state index contributed by atoms with van der Waals surface area (Å²) in [7, 11) is 0. The Morgan fingerprint density at radius 3 is 2.57 bits per heavy atom. The number of hydrogen-bond acceptors (Lipinski definition) is 4. The van der Waals surface area contributed by atoms with Crippen LogP contribution in [0.25, 0.3) is 0 Å². The average Bonchev–Trinajstić information content (AvgIpc) is 3.00. The van der Waals surface area contributed by atoms with Crippen LogP contribution in [0.3, 0.4) is 0 Å². The van der Waals surface area contributed by atoms with Crippen LogP contribution in [0.2, 0.25) is 0 Å². The van der Waals surface area contributed by atoms with Crippen LogP contribution in [0.1, 0.15) is 29.7 Å². The zero-order chi connectivity index (χ0) is 15.1. The molecule has 1 heterocycles. The van der Waals surface area contributed by atoms with Gasteiger partial charge in [-0.05, 0) is 24.3 Å². The first kappa shape index (κ1) is 14.6. The normalized spacial score (nSPS) is 9.95. The van der Waals surface area contributed by atoms with Gasteiger partial charge in [-0.1, -0.05) is 25.1 Å². The molecule has 2 aromatic rings. The number of rotatable bonds is 5. The molecule has 0 saturated heterocycles. The van der Waals surface area contributed by atoms with E-state index in [1.165, 1.54) is 6.07 Å². The molecule has 1 aromatic carbocycles. The van der Waals surface area contributed by atoms with Crippen molar-refractivity contribution in [1.82, 2.24) is 10.9 Å². The Balaban J connectivity index is 1.86. The standard InChI is InChI=1S/C15H16N2O4/c1-2-14(18)16-17-15(19)13-9-8-12(21-13)10-20-11-6-4-3-5-7-11/h3-9H,2,10H2,1H3,(H,16,18)(H,17,19). The molecule has 0 bridgehead atoms. The number of ether oxygens (including phenoxy) is 1. The van der Waals surface area contributed by atoms with Gasteiger partial charge in [0, 0.05) is 6.42 Å². The summed E-state index contributed by atoms with van der Waals surface area (Å²) >= 11 is 0. The number of hydrazine groups is 1. The topological polar surface area (TPSA) is 80.6 Å². The second-order valence-corrected chi connectivity index (χ2v) is 4.22. The summed E-state index contributed by atoms with van der Waals surface area (Å²) in [5.41, 5.74) is 4.53. The molecule has 2 amide bonds. The van der Waals surface area contributed by atoms with Gasteiger partial charge in [-0.15, -0.1) is 0 Å². The molecule has 2 rings (SSSR count). The minimum absolute atomic E-state index is 0.109. The Morgan fingerprint density at radius 2 is 1.86 bits per heavy atom. The van der Waals surface area contributed by atoms with Crippen molar-refractivity contribution >= 4 is 11.8 Å². The van der Waals surface area contributed by atoms with Gasteiger partial charge in [-0.3, -0.25) is 20.4 Å². The monoisotopic (exact) mass is 288 g/mol. The Hall–Kier alpha value is -2.76. The lowest BCUT2D eigenvalue weighted by Crippen LogP contribution is -2.41.